The van der Waals surface area contributed by atoms with Crippen LogP contribution in [0.25, 0.3) is 6.08 Å². The number of nitrogens with one attached hydrogen (secondary N) is 1. The van der Waals surface area contributed by atoms with E-state index in [4.69, 9.17) is 4.74 Å². The molecule has 0 fully saturated rings. The molecule has 0 saturated heterocycles. The predicted molar refractivity (Wildman–Crippen MR) is 101 cm³/mol. The predicted octanol–water partition coefficient (Wildman–Crippen LogP) is 3.63. The molecule has 0 aliphatic heterocycles. The molecule has 0 bridgehead atoms. The largest absolute Gasteiger partial charge is 0.473 e. The molecule has 0 spiro atoms. The third-order valence-electron chi connectivity index (χ3n) is 3.76. The molecule has 5 nitrogen and oxygen atoms in total. The van der Waals surface area contributed by atoms with Crippen LogP contribution in [-0.4, -0.2) is 15.9 Å². The number of benzene rings is 1. The van der Waals surface area contributed by atoms with Gasteiger partial charge in [-0.3, -0.25) is 9.78 Å². The number of nitrogens with zero attached hydrogens (tertiary/aromatic N) is 2. The van der Waals surface area contributed by atoms with E-state index in [2.05, 4.69) is 21.9 Å². The smallest absolute Gasteiger partial charge is 0.253 e. The van der Waals surface area contributed by atoms with Crippen LogP contribution in [0.3, 0.4) is 0 Å². The molecule has 0 atom stereocenters. The van der Waals surface area contributed by atoms with Crippen molar-refractivity contribution in [2.24, 2.45) is 0 Å². The molecule has 0 aliphatic rings. The summed E-state index contributed by atoms with van der Waals surface area (Å²) in [4.78, 5) is 20.5. The molecule has 26 heavy (non-hydrogen) atoms. The quantitative estimate of drug-likeness (QED) is 0.710. The zero-order valence-corrected chi connectivity index (χ0v) is 14.3. The van der Waals surface area contributed by atoms with E-state index in [1.807, 2.05) is 42.5 Å². The number of pyridine rings is 2. The molecule has 5 heteroatoms. The molecule has 3 rings (SSSR count). The van der Waals surface area contributed by atoms with Crippen molar-refractivity contribution in [2.75, 3.05) is 0 Å². The number of amides is 1. The van der Waals surface area contributed by atoms with Gasteiger partial charge in [-0.2, -0.15) is 0 Å². The lowest BCUT2D eigenvalue weighted by Gasteiger charge is -2.07. The van der Waals surface area contributed by atoms with Crippen molar-refractivity contribution in [1.29, 1.82) is 0 Å². The Morgan fingerprint density at radius 1 is 1.08 bits per heavy atom. The fraction of sp³-hybridized carbons (Fsp3) is 0.0952. The van der Waals surface area contributed by atoms with Crippen LogP contribution in [-0.2, 0) is 13.2 Å². The van der Waals surface area contributed by atoms with Gasteiger partial charge in [0.05, 0.1) is 17.8 Å². The lowest BCUT2D eigenvalue weighted by molar-refractivity contribution is 0.0950. The molecule has 2 aromatic heterocycles. The van der Waals surface area contributed by atoms with E-state index < -0.39 is 0 Å². The fourth-order valence-electron chi connectivity index (χ4n) is 2.28. The van der Waals surface area contributed by atoms with Crippen LogP contribution in [0.1, 0.15) is 27.2 Å². The van der Waals surface area contributed by atoms with Gasteiger partial charge in [0.25, 0.3) is 5.91 Å². The third kappa shape index (κ3) is 4.77. The van der Waals surface area contributed by atoms with E-state index in [9.17, 15) is 4.79 Å². The summed E-state index contributed by atoms with van der Waals surface area (Å²) in [5.74, 6) is 0.272. The Bertz CT molecular complexity index is 860. The van der Waals surface area contributed by atoms with Crippen molar-refractivity contribution in [2.45, 2.75) is 13.2 Å². The maximum absolute atomic E-state index is 12.1. The first-order valence-electron chi connectivity index (χ1n) is 8.23. The number of hydrogen-bond acceptors (Lipinski definition) is 4. The normalized spacial score (nSPS) is 10.2. The number of rotatable bonds is 7. The van der Waals surface area contributed by atoms with Crippen LogP contribution in [0.4, 0.5) is 0 Å². The van der Waals surface area contributed by atoms with Gasteiger partial charge in [0.1, 0.15) is 6.61 Å². The zero-order valence-electron chi connectivity index (χ0n) is 14.3. The molecule has 0 saturated carbocycles. The number of carbonyl (C=O) groups excluding carboxylic acids is 1. The van der Waals surface area contributed by atoms with Crippen molar-refractivity contribution >= 4 is 12.0 Å². The summed E-state index contributed by atoms with van der Waals surface area (Å²) in [6, 6.07) is 16.9. The second kappa shape index (κ2) is 8.58. The highest BCUT2D eigenvalue weighted by Gasteiger charge is 2.07. The number of ether oxygens (including phenoxy) is 1. The van der Waals surface area contributed by atoms with Crippen molar-refractivity contribution in [3.05, 3.63) is 96.0 Å². The van der Waals surface area contributed by atoms with Crippen LogP contribution in [0.2, 0.25) is 0 Å². The van der Waals surface area contributed by atoms with Crippen molar-refractivity contribution < 1.29 is 9.53 Å². The van der Waals surface area contributed by atoms with Crippen molar-refractivity contribution in [1.82, 2.24) is 15.3 Å². The van der Waals surface area contributed by atoms with Crippen LogP contribution in [0, 0.1) is 0 Å². The minimum atomic E-state index is -0.199. The summed E-state index contributed by atoms with van der Waals surface area (Å²) < 4.78 is 5.65. The average molecular weight is 345 g/mol. The SMILES string of the molecule is C=Cc1ccc(COc2ccc(C(=O)NCc3ccccn3)cn2)cc1. The van der Waals surface area contributed by atoms with E-state index in [1.165, 1.54) is 6.20 Å². The van der Waals surface area contributed by atoms with Gasteiger partial charge >= 0.3 is 0 Å². The van der Waals surface area contributed by atoms with E-state index >= 15 is 0 Å². The Morgan fingerprint density at radius 3 is 2.58 bits per heavy atom. The fourth-order valence-corrected chi connectivity index (χ4v) is 2.28. The van der Waals surface area contributed by atoms with E-state index in [0.717, 1.165) is 16.8 Å². The molecule has 1 amide bonds. The maximum atomic E-state index is 12.1. The summed E-state index contributed by atoms with van der Waals surface area (Å²) in [7, 11) is 0. The highest BCUT2D eigenvalue weighted by molar-refractivity contribution is 5.93. The topological polar surface area (TPSA) is 64.1 Å². The van der Waals surface area contributed by atoms with Gasteiger partial charge in [-0.15, -0.1) is 0 Å². The summed E-state index contributed by atoms with van der Waals surface area (Å²) in [5, 5.41) is 2.81. The monoisotopic (exact) mass is 345 g/mol. The van der Waals surface area contributed by atoms with Gasteiger partial charge in [0, 0.05) is 18.5 Å². The molecule has 0 unspecified atom stereocenters. The third-order valence-corrected chi connectivity index (χ3v) is 3.76. The summed E-state index contributed by atoms with van der Waals surface area (Å²) in [6.45, 7) is 4.52. The molecular weight excluding hydrogens is 326 g/mol. The first-order chi connectivity index (χ1) is 12.7. The van der Waals surface area contributed by atoms with E-state index in [1.54, 1.807) is 24.4 Å². The van der Waals surface area contributed by atoms with Crippen LogP contribution in [0.15, 0.2) is 73.6 Å². The van der Waals surface area contributed by atoms with Crippen LogP contribution >= 0.6 is 0 Å². The number of hydrogen-bond donors (Lipinski definition) is 1. The number of aromatic nitrogens is 2. The van der Waals surface area contributed by atoms with Gasteiger partial charge < -0.3 is 10.1 Å². The minimum Gasteiger partial charge on any atom is -0.473 e. The Kier molecular flexibility index (Phi) is 5.72. The van der Waals surface area contributed by atoms with E-state index in [0.29, 0.717) is 24.6 Å². The molecule has 2 heterocycles. The van der Waals surface area contributed by atoms with Crippen molar-refractivity contribution in [3.8, 4) is 5.88 Å². The Balaban J connectivity index is 1.52. The summed E-state index contributed by atoms with van der Waals surface area (Å²) in [5.41, 5.74) is 3.38. The van der Waals surface area contributed by atoms with Gasteiger partial charge in [-0.05, 0) is 29.3 Å². The molecule has 0 radical (unpaired) electrons. The zero-order chi connectivity index (χ0) is 18.2. The van der Waals surface area contributed by atoms with Gasteiger partial charge in [-0.25, -0.2) is 4.98 Å². The Morgan fingerprint density at radius 2 is 1.92 bits per heavy atom. The lowest BCUT2D eigenvalue weighted by atomic mass is 10.1. The summed E-state index contributed by atoms with van der Waals surface area (Å²) in [6.07, 6.45) is 4.99. The van der Waals surface area contributed by atoms with Crippen molar-refractivity contribution in [3.63, 3.8) is 0 Å². The first kappa shape index (κ1) is 17.4. The molecule has 3 aromatic rings. The van der Waals surface area contributed by atoms with Crippen LogP contribution in [0.5, 0.6) is 5.88 Å². The standard InChI is InChI=1S/C21H19N3O2/c1-2-16-6-8-17(9-7-16)15-26-20-11-10-18(13-23-20)21(25)24-14-19-5-3-4-12-22-19/h2-13H,1,14-15H2,(H,24,25). The van der Waals surface area contributed by atoms with Gasteiger partial charge in [0.15, 0.2) is 0 Å². The molecular formula is C21H19N3O2. The molecule has 0 aliphatic carbocycles. The van der Waals surface area contributed by atoms with E-state index in [-0.39, 0.29) is 5.91 Å². The maximum Gasteiger partial charge on any atom is 0.253 e. The molecule has 1 N–H and O–H groups in total. The van der Waals surface area contributed by atoms with Gasteiger partial charge in [0.2, 0.25) is 5.88 Å². The summed E-state index contributed by atoms with van der Waals surface area (Å²) >= 11 is 0. The van der Waals surface area contributed by atoms with Crippen LogP contribution < -0.4 is 10.1 Å². The highest BCUT2D eigenvalue weighted by Crippen LogP contribution is 2.12. The van der Waals surface area contributed by atoms with Gasteiger partial charge in [-0.1, -0.05) is 43.0 Å². The Hall–Kier alpha value is -3.47. The average Bonchev–Trinajstić information content (AvgIpc) is 2.72. The Labute approximate surface area is 152 Å². The number of carbonyl (C=O) groups is 1. The second-order valence-electron chi connectivity index (χ2n) is 5.62. The first-order valence-corrected chi connectivity index (χ1v) is 8.23. The minimum absolute atomic E-state index is 0.199. The molecule has 1 aromatic carbocycles. The molecule has 130 valence electrons. The second-order valence-corrected chi connectivity index (χ2v) is 5.62. The highest BCUT2D eigenvalue weighted by atomic mass is 16.5. The lowest BCUT2D eigenvalue weighted by Crippen LogP contribution is -2.23.